The van der Waals surface area contributed by atoms with Crippen molar-refractivity contribution < 1.29 is 4.79 Å². The zero-order valence-corrected chi connectivity index (χ0v) is 21.2. The summed E-state index contributed by atoms with van der Waals surface area (Å²) in [5.41, 5.74) is 2.16. The molecule has 1 rings (SSSR count). The number of allylic oxidation sites excluding steroid dienone is 1. The quantitative estimate of drug-likeness (QED) is 0.149. The molecule has 0 spiro atoms. The number of hydrogen-bond donors (Lipinski definition) is 0. The third kappa shape index (κ3) is 13.3. The number of pyridine rings is 1. The predicted molar refractivity (Wildman–Crippen MR) is 133 cm³/mol. The van der Waals surface area contributed by atoms with Crippen LogP contribution in [0.4, 0.5) is 0 Å². The molecule has 0 saturated carbocycles. The van der Waals surface area contributed by atoms with E-state index in [2.05, 4.69) is 45.7 Å². The molecule has 0 saturated heterocycles. The van der Waals surface area contributed by atoms with Crippen molar-refractivity contribution in [1.82, 2.24) is 4.98 Å². The fraction of sp³-hybridized carbons (Fsp3) is 0.704. The third-order valence-corrected chi connectivity index (χ3v) is 6.82. The van der Waals surface area contributed by atoms with Gasteiger partial charge in [0.25, 0.3) is 0 Å². The zero-order chi connectivity index (χ0) is 22.4. The van der Waals surface area contributed by atoms with Gasteiger partial charge in [-0.15, -0.1) is 11.8 Å². The van der Waals surface area contributed by atoms with Crippen molar-refractivity contribution in [2.45, 2.75) is 104 Å². The highest BCUT2D eigenvalue weighted by molar-refractivity contribution is 7.99. The van der Waals surface area contributed by atoms with Gasteiger partial charge in [-0.2, -0.15) is 0 Å². The average Bonchev–Trinajstić information content (AvgIpc) is 2.68. The molecule has 2 atom stereocenters. The van der Waals surface area contributed by atoms with Crippen LogP contribution in [-0.2, 0) is 0 Å². The first-order valence-electron chi connectivity index (χ1n) is 12.0. The second-order valence-electron chi connectivity index (χ2n) is 9.66. The molecular weight excluding hydrogens is 386 g/mol. The summed E-state index contributed by atoms with van der Waals surface area (Å²) in [5, 5.41) is 0.983. The van der Waals surface area contributed by atoms with Gasteiger partial charge in [-0.1, -0.05) is 84.3 Å². The van der Waals surface area contributed by atoms with E-state index in [1.165, 1.54) is 63.4 Å². The van der Waals surface area contributed by atoms with E-state index in [9.17, 15) is 4.79 Å². The molecular formula is C27H45NOS. The molecule has 0 aromatic carbocycles. The minimum absolute atomic E-state index is 0.0696. The number of carbonyl (C=O) groups is 1. The highest BCUT2D eigenvalue weighted by atomic mass is 32.2. The number of nitrogens with zero attached hydrogens (tertiary/aromatic N) is 1. The normalized spacial score (nSPS) is 14.2. The largest absolute Gasteiger partial charge is 0.294 e. The van der Waals surface area contributed by atoms with E-state index in [-0.39, 0.29) is 5.78 Å². The van der Waals surface area contributed by atoms with E-state index < -0.39 is 0 Å². The van der Waals surface area contributed by atoms with E-state index in [4.69, 9.17) is 0 Å². The van der Waals surface area contributed by atoms with E-state index >= 15 is 0 Å². The maximum Gasteiger partial charge on any atom is 0.161 e. The molecule has 1 aromatic rings. The van der Waals surface area contributed by atoms with Crippen LogP contribution >= 0.6 is 11.8 Å². The number of thioether (sulfide) groups is 1. The van der Waals surface area contributed by atoms with Gasteiger partial charge in [0.1, 0.15) is 0 Å². The van der Waals surface area contributed by atoms with Crippen LogP contribution in [-0.4, -0.2) is 16.5 Å². The van der Waals surface area contributed by atoms with Crippen molar-refractivity contribution in [3.63, 3.8) is 0 Å². The number of Topliss-reactive ketones (excluding diaryl/α,β-unsaturated/α-hetero) is 1. The Hall–Kier alpha value is -1.09. The van der Waals surface area contributed by atoms with Crippen LogP contribution < -0.4 is 0 Å². The summed E-state index contributed by atoms with van der Waals surface area (Å²) in [4.78, 5) is 15.7. The Kier molecular flexibility index (Phi) is 14.1. The lowest BCUT2D eigenvalue weighted by atomic mass is 9.91. The maximum atomic E-state index is 11.3. The molecule has 3 heteroatoms. The molecule has 0 amide bonds. The minimum atomic E-state index is 0.0696. The highest BCUT2D eigenvalue weighted by Crippen LogP contribution is 2.22. The van der Waals surface area contributed by atoms with Crippen LogP contribution in [0.15, 0.2) is 35.0 Å². The minimum Gasteiger partial charge on any atom is -0.294 e. The number of ketones is 1. The third-order valence-electron chi connectivity index (χ3n) is 5.95. The summed E-state index contributed by atoms with van der Waals surface area (Å²) in [7, 11) is 0. The van der Waals surface area contributed by atoms with E-state index in [0.717, 1.165) is 28.5 Å². The summed E-state index contributed by atoms with van der Waals surface area (Å²) in [6.45, 7) is 13.3. The number of rotatable bonds is 16. The highest BCUT2D eigenvalue weighted by Gasteiger charge is 2.07. The van der Waals surface area contributed by atoms with E-state index in [0.29, 0.717) is 5.56 Å². The number of hydrogen-bond acceptors (Lipinski definition) is 3. The molecule has 2 nitrogen and oxygen atoms in total. The monoisotopic (exact) mass is 431 g/mol. The second kappa shape index (κ2) is 15.7. The molecule has 1 heterocycles. The van der Waals surface area contributed by atoms with Crippen LogP contribution in [0.5, 0.6) is 0 Å². The fourth-order valence-corrected chi connectivity index (χ4v) is 4.58. The van der Waals surface area contributed by atoms with Crippen molar-refractivity contribution in [2.75, 3.05) is 5.75 Å². The van der Waals surface area contributed by atoms with Crippen molar-refractivity contribution >= 4 is 17.5 Å². The van der Waals surface area contributed by atoms with Gasteiger partial charge in [0.05, 0.1) is 5.03 Å². The molecule has 0 aliphatic carbocycles. The van der Waals surface area contributed by atoms with E-state index in [1.807, 2.05) is 12.1 Å². The lowest BCUT2D eigenvalue weighted by Gasteiger charge is -2.15. The SMILES string of the molecule is CC(=O)c1ccc(SC/C=C(\C)CCCC(C)CCCC(C)CCCC(C)C)nc1. The van der Waals surface area contributed by atoms with Crippen LogP contribution in [0.1, 0.15) is 110 Å². The average molecular weight is 432 g/mol. The Balaban J connectivity index is 2.11. The molecule has 30 heavy (non-hydrogen) atoms. The number of aromatic nitrogens is 1. The molecule has 0 bridgehead atoms. The van der Waals surface area contributed by atoms with Crippen LogP contribution in [0, 0.1) is 17.8 Å². The Bertz CT molecular complexity index is 620. The van der Waals surface area contributed by atoms with Gasteiger partial charge in [-0.05, 0) is 56.6 Å². The van der Waals surface area contributed by atoms with Gasteiger partial charge in [0.2, 0.25) is 0 Å². The summed E-state index contributed by atoms with van der Waals surface area (Å²) in [6.07, 6.45) is 16.2. The summed E-state index contributed by atoms with van der Waals surface area (Å²) in [5.74, 6) is 3.61. The first-order valence-corrected chi connectivity index (χ1v) is 13.0. The molecule has 1 aromatic heterocycles. The number of carbonyl (C=O) groups excluding carboxylic acids is 1. The Morgan fingerprint density at radius 3 is 2.07 bits per heavy atom. The van der Waals surface area contributed by atoms with Crippen molar-refractivity contribution in [3.8, 4) is 0 Å². The lowest BCUT2D eigenvalue weighted by Crippen LogP contribution is -2.00. The molecule has 0 aliphatic rings. The van der Waals surface area contributed by atoms with Gasteiger partial charge < -0.3 is 0 Å². The molecule has 0 fully saturated rings. The Morgan fingerprint density at radius 2 is 1.53 bits per heavy atom. The van der Waals surface area contributed by atoms with Crippen molar-refractivity contribution in [1.29, 1.82) is 0 Å². The van der Waals surface area contributed by atoms with Gasteiger partial charge in [-0.3, -0.25) is 4.79 Å². The summed E-state index contributed by atoms with van der Waals surface area (Å²) < 4.78 is 0. The molecule has 0 N–H and O–H groups in total. The van der Waals surface area contributed by atoms with Gasteiger partial charge >= 0.3 is 0 Å². The van der Waals surface area contributed by atoms with Gasteiger partial charge in [0, 0.05) is 17.5 Å². The van der Waals surface area contributed by atoms with Crippen LogP contribution in [0.3, 0.4) is 0 Å². The first kappa shape index (κ1) is 26.9. The molecule has 2 unspecified atom stereocenters. The standard InChI is InChI=1S/C27H45NOS/c1-21(2)10-7-11-22(3)12-8-13-23(4)14-9-15-24(5)18-19-30-27-17-16-26(20-28-27)25(6)29/h16-18,20-23H,7-15,19H2,1-6H3/b24-18+. The second-order valence-corrected chi connectivity index (χ2v) is 10.7. The van der Waals surface area contributed by atoms with Gasteiger partial charge in [-0.25, -0.2) is 4.98 Å². The van der Waals surface area contributed by atoms with Crippen molar-refractivity contribution in [2.24, 2.45) is 17.8 Å². The zero-order valence-electron chi connectivity index (χ0n) is 20.4. The maximum absolute atomic E-state index is 11.3. The van der Waals surface area contributed by atoms with E-state index in [1.54, 1.807) is 24.9 Å². The smallest absolute Gasteiger partial charge is 0.161 e. The fourth-order valence-electron chi connectivity index (χ4n) is 3.75. The molecule has 0 radical (unpaired) electrons. The van der Waals surface area contributed by atoms with Gasteiger partial charge in [0.15, 0.2) is 5.78 Å². The Labute approximate surface area is 190 Å². The summed E-state index contributed by atoms with van der Waals surface area (Å²) in [6, 6.07) is 3.81. The van der Waals surface area contributed by atoms with Crippen LogP contribution in [0.25, 0.3) is 0 Å². The van der Waals surface area contributed by atoms with Crippen LogP contribution in [0.2, 0.25) is 0 Å². The van der Waals surface area contributed by atoms with Crippen molar-refractivity contribution in [3.05, 3.63) is 35.5 Å². The topological polar surface area (TPSA) is 30.0 Å². The molecule has 170 valence electrons. The first-order chi connectivity index (χ1) is 14.3. The molecule has 0 aliphatic heterocycles. The Morgan fingerprint density at radius 1 is 0.933 bits per heavy atom. The summed E-state index contributed by atoms with van der Waals surface area (Å²) >= 11 is 1.73. The lowest BCUT2D eigenvalue weighted by molar-refractivity contribution is 0.101. The predicted octanol–water partition coefficient (Wildman–Crippen LogP) is 8.76.